The Morgan fingerprint density at radius 2 is 2.00 bits per heavy atom. The number of aliphatic imine (C=N–C) groups is 1. The highest BCUT2D eigenvalue weighted by Gasteiger charge is 2.20. The second-order valence-electron chi connectivity index (χ2n) is 7.09. The van der Waals surface area contributed by atoms with E-state index in [1.807, 2.05) is 47.2 Å². The van der Waals surface area contributed by atoms with Crippen molar-refractivity contribution < 1.29 is 4.79 Å². The minimum atomic E-state index is 0.255. The standard InChI is InChI=1S/C22H27ClN4O/c1-24-22(26(2)16-19-9-3-4-10-20(19)23)25-14-17-7-5-8-18(13-17)15-27-12-6-11-21(27)28/h3-5,7-10,13H,6,11-12,14-16H2,1-2H3,(H,24,25). The molecule has 1 aliphatic rings. The third kappa shape index (κ3) is 5.26. The second-order valence-corrected chi connectivity index (χ2v) is 7.49. The van der Waals surface area contributed by atoms with Gasteiger partial charge in [-0.2, -0.15) is 0 Å². The molecule has 5 nitrogen and oxygen atoms in total. The number of likely N-dealkylation sites (tertiary alicyclic amines) is 1. The van der Waals surface area contributed by atoms with Gasteiger partial charge in [0.25, 0.3) is 0 Å². The van der Waals surface area contributed by atoms with Gasteiger partial charge in [-0.3, -0.25) is 9.79 Å². The van der Waals surface area contributed by atoms with Crippen molar-refractivity contribution in [3.63, 3.8) is 0 Å². The molecule has 0 aliphatic carbocycles. The molecule has 0 unspecified atom stereocenters. The fourth-order valence-corrected chi connectivity index (χ4v) is 3.65. The molecule has 1 fully saturated rings. The highest BCUT2D eigenvalue weighted by atomic mass is 35.5. The van der Waals surface area contributed by atoms with Crippen LogP contribution in [0.5, 0.6) is 0 Å². The number of nitrogens with zero attached hydrogens (tertiary/aromatic N) is 3. The van der Waals surface area contributed by atoms with Gasteiger partial charge in [-0.1, -0.05) is 54.1 Å². The number of amides is 1. The Labute approximate surface area is 172 Å². The van der Waals surface area contributed by atoms with Gasteiger partial charge in [-0.15, -0.1) is 0 Å². The molecule has 1 saturated heterocycles. The van der Waals surface area contributed by atoms with Gasteiger partial charge in [-0.05, 0) is 29.2 Å². The van der Waals surface area contributed by atoms with Crippen molar-refractivity contribution in [2.24, 2.45) is 4.99 Å². The normalized spacial score (nSPS) is 14.5. The Hall–Kier alpha value is -2.53. The molecule has 1 aliphatic heterocycles. The first-order valence-corrected chi connectivity index (χ1v) is 9.95. The zero-order valence-corrected chi connectivity index (χ0v) is 17.2. The maximum Gasteiger partial charge on any atom is 0.222 e. The van der Waals surface area contributed by atoms with Crippen LogP contribution in [0, 0.1) is 0 Å². The molecule has 2 aromatic carbocycles. The summed E-state index contributed by atoms with van der Waals surface area (Å²) >= 11 is 6.27. The maximum atomic E-state index is 11.8. The Kier molecular flexibility index (Phi) is 6.93. The fraction of sp³-hybridized carbons (Fsp3) is 0.364. The average Bonchev–Trinajstić information content (AvgIpc) is 3.09. The minimum Gasteiger partial charge on any atom is -0.352 e. The van der Waals surface area contributed by atoms with Gasteiger partial charge in [0.1, 0.15) is 0 Å². The molecule has 2 aromatic rings. The predicted octanol–water partition coefficient (Wildman–Crippen LogP) is 3.67. The molecule has 6 heteroatoms. The largest absolute Gasteiger partial charge is 0.352 e. The van der Waals surface area contributed by atoms with Gasteiger partial charge in [0.05, 0.1) is 0 Å². The third-order valence-corrected chi connectivity index (χ3v) is 5.29. The molecule has 148 valence electrons. The number of carbonyl (C=O) groups excluding carboxylic acids is 1. The molecule has 28 heavy (non-hydrogen) atoms. The van der Waals surface area contributed by atoms with Gasteiger partial charge in [0.2, 0.25) is 5.91 Å². The molecule has 0 saturated carbocycles. The predicted molar refractivity (Wildman–Crippen MR) is 114 cm³/mol. The van der Waals surface area contributed by atoms with Crippen molar-refractivity contribution in [1.29, 1.82) is 0 Å². The van der Waals surface area contributed by atoms with Crippen molar-refractivity contribution in [3.05, 3.63) is 70.2 Å². The summed E-state index contributed by atoms with van der Waals surface area (Å²) in [5.74, 6) is 1.06. The first-order chi connectivity index (χ1) is 13.6. The van der Waals surface area contributed by atoms with Gasteiger partial charge < -0.3 is 15.1 Å². The summed E-state index contributed by atoms with van der Waals surface area (Å²) in [5, 5.41) is 4.17. The first-order valence-electron chi connectivity index (χ1n) is 9.57. The highest BCUT2D eigenvalue weighted by molar-refractivity contribution is 6.31. The lowest BCUT2D eigenvalue weighted by atomic mass is 10.1. The lowest BCUT2D eigenvalue weighted by Crippen LogP contribution is -2.38. The molecule has 1 heterocycles. The Balaban J connectivity index is 1.58. The van der Waals surface area contributed by atoms with Crippen LogP contribution < -0.4 is 5.32 Å². The van der Waals surface area contributed by atoms with Crippen LogP contribution in [-0.2, 0) is 24.4 Å². The number of guanidine groups is 1. The summed E-state index contributed by atoms with van der Waals surface area (Å²) in [4.78, 5) is 20.2. The van der Waals surface area contributed by atoms with Crippen LogP contribution >= 0.6 is 11.6 Å². The summed E-state index contributed by atoms with van der Waals surface area (Å²) in [6, 6.07) is 16.2. The number of halogens is 1. The van der Waals surface area contributed by atoms with Crippen LogP contribution in [-0.4, -0.2) is 42.3 Å². The first kappa shape index (κ1) is 20.2. The fourth-order valence-electron chi connectivity index (χ4n) is 3.45. The van der Waals surface area contributed by atoms with E-state index in [9.17, 15) is 4.79 Å². The summed E-state index contributed by atoms with van der Waals surface area (Å²) in [5.41, 5.74) is 3.39. The molecule has 1 amide bonds. The van der Waals surface area contributed by atoms with E-state index in [0.29, 0.717) is 26.1 Å². The number of hydrogen-bond donors (Lipinski definition) is 1. The van der Waals surface area contributed by atoms with E-state index in [0.717, 1.165) is 40.6 Å². The maximum absolute atomic E-state index is 11.8. The van der Waals surface area contributed by atoms with E-state index in [4.69, 9.17) is 11.6 Å². The topological polar surface area (TPSA) is 47.9 Å². The average molecular weight is 399 g/mol. The Morgan fingerprint density at radius 3 is 2.71 bits per heavy atom. The summed E-state index contributed by atoms with van der Waals surface area (Å²) in [6.07, 6.45) is 1.64. The molecule has 0 bridgehead atoms. The lowest BCUT2D eigenvalue weighted by Gasteiger charge is -2.23. The Morgan fingerprint density at radius 1 is 1.21 bits per heavy atom. The summed E-state index contributed by atoms with van der Waals surface area (Å²) < 4.78 is 0. The molecule has 0 spiro atoms. The molecule has 1 N–H and O–H groups in total. The van der Waals surface area contributed by atoms with E-state index in [2.05, 4.69) is 28.5 Å². The summed E-state index contributed by atoms with van der Waals surface area (Å²) in [6.45, 7) is 2.90. The highest BCUT2D eigenvalue weighted by Crippen LogP contribution is 2.17. The molecule has 0 atom stereocenters. The Bertz CT molecular complexity index is 852. The van der Waals surface area contributed by atoms with Gasteiger partial charge >= 0.3 is 0 Å². The number of benzene rings is 2. The van der Waals surface area contributed by atoms with Gasteiger partial charge in [0.15, 0.2) is 5.96 Å². The SMILES string of the molecule is CN=C(NCc1cccc(CN2CCCC2=O)c1)N(C)Cc1ccccc1Cl. The van der Waals surface area contributed by atoms with E-state index in [1.54, 1.807) is 7.05 Å². The monoisotopic (exact) mass is 398 g/mol. The van der Waals surface area contributed by atoms with E-state index >= 15 is 0 Å². The van der Waals surface area contributed by atoms with Crippen LogP contribution in [0.1, 0.15) is 29.5 Å². The van der Waals surface area contributed by atoms with Crippen molar-refractivity contribution >= 4 is 23.5 Å². The number of nitrogens with one attached hydrogen (secondary N) is 1. The molecular formula is C22H27ClN4O. The van der Waals surface area contributed by atoms with Crippen LogP contribution in [0.25, 0.3) is 0 Å². The molecule has 3 rings (SSSR count). The van der Waals surface area contributed by atoms with Crippen molar-refractivity contribution in [3.8, 4) is 0 Å². The van der Waals surface area contributed by atoms with Crippen molar-refractivity contribution in [2.75, 3.05) is 20.6 Å². The van der Waals surface area contributed by atoms with E-state index in [-0.39, 0.29) is 5.91 Å². The molecular weight excluding hydrogens is 372 g/mol. The van der Waals surface area contributed by atoms with Crippen LogP contribution in [0.4, 0.5) is 0 Å². The number of carbonyl (C=O) groups is 1. The molecule has 0 aromatic heterocycles. The van der Waals surface area contributed by atoms with Crippen molar-refractivity contribution in [2.45, 2.75) is 32.5 Å². The zero-order valence-electron chi connectivity index (χ0n) is 16.5. The third-order valence-electron chi connectivity index (χ3n) is 4.93. The zero-order chi connectivity index (χ0) is 19.9. The van der Waals surface area contributed by atoms with E-state index < -0.39 is 0 Å². The van der Waals surface area contributed by atoms with Crippen LogP contribution in [0.3, 0.4) is 0 Å². The van der Waals surface area contributed by atoms with Crippen molar-refractivity contribution in [1.82, 2.24) is 15.1 Å². The summed E-state index contributed by atoms with van der Waals surface area (Å²) in [7, 11) is 3.77. The lowest BCUT2D eigenvalue weighted by molar-refractivity contribution is -0.128. The van der Waals surface area contributed by atoms with Crippen LogP contribution in [0.2, 0.25) is 5.02 Å². The quantitative estimate of drug-likeness (QED) is 0.596. The molecule has 0 radical (unpaired) electrons. The van der Waals surface area contributed by atoms with Gasteiger partial charge in [0, 0.05) is 51.7 Å². The minimum absolute atomic E-state index is 0.255. The van der Waals surface area contributed by atoms with Gasteiger partial charge in [-0.25, -0.2) is 0 Å². The number of hydrogen-bond acceptors (Lipinski definition) is 2. The smallest absolute Gasteiger partial charge is 0.222 e. The second kappa shape index (κ2) is 9.60. The number of rotatable bonds is 6. The van der Waals surface area contributed by atoms with E-state index in [1.165, 1.54) is 0 Å². The van der Waals surface area contributed by atoms with Crippen LogP contribution in [0.15, 0.2) is 53.5 Å².